The lowest BCUT2D eigenvalue weighted by molar-refractivity contribution is 0.411. The third kappa shape index (κ3) is 1.21. The van der Waals surface area contributed by atoms with Crippen molar-refractivity contribution >= 4 is 11.6 Å². The highest BCUT2D eigenvalue weighted by atomic mass is 35.5. The standard InChI is InChI=1S/C7H8ClNO/c1-5-3-9-4-6(8)7(5)10-2/h3-4H,1-2H3. The molecule has 0 spiro atoms. The zero-order valence-corrected chi connectivity index (χ0v) is 6.64. The van der Waals surface area contributed by atoms with Crippen LogP contribution in [-0.4, -0.2) is 12.1 Å². The monoisotopic (exact) mass is 157 g/mol. The second-order valence-corrected chi connectivity index (χ2v) is 2.38. The van der Waals surface area contributed by atoms with Gasteiger partial charge < -0.3 is 4.74 Å². The molecule has 0 aliphatic carbocycles. The van der Waals surface area contributed by atoms with Gasteiger partial charge in [0.1, 0.15) is 10.8 Å². The van der Waals surface area contributed by atoms with Crippen molar-refractivity contribution in [2.45, 2.75) is 6.92 Å². The van der Waals surface area contributed by atoms with Gasteiger partial charge in [-0.2, -0.15) is 0 Å². The lowest BCUT2D eigenvalue weighted by Crippen LogP contribution is -1.88. The average Bonchev–Trinajstić information content (AvgIpc) is 1.88. The Balaban J connectivity index is 3.17. The number of ether oxygens (including phenoxy) is 1. The Morgan fingerprint density at radius 2 is 2.20 bits per heavy atom. The molecular weight excluding hydrogens is 150 g/mol. The van der Waals surface area contributed by atoms with E-state index >= 15 is 0 Å². The summed E-state index contributed by atoms with van der Waals surface area (Å²) >= 11 is 5.74. The number of rotatable bonds is 1. The molecule has 0 bridgehead atoms. The van der Waals surface area contributed by atoms with Crippen LogP contribution >= 0.6 is 11.6 Å². The van der Waals surface area contributed by atoms with Gasteiger partial charge in [-0.05, 0) is 6.92 Å². The van der Waals surface area contributed by atoms with Crippen molar-refractivity contribution in [3.05, 3.63) is 23.0 Å². The highest BCUT2D eigenvalue weighted by Gasteiger charge is 2.01. The summed E-state index contributed by atoms with van der Waals surface area (Å²) in [5, 5.41) is 0.558. The van der Waals surface area contributed by atoms with Gasteiger partial charge in [-0.25, -0.2) is 0 Å². The van der Waals surface area contributed by atoms with Crippen molar-refractivity contribution in [1.82, 2.24) is 4.98 Å². The molecule has 0 radical (unpaired) electrons. The Bertz CT molecular complexity index is 217. The number of halogens is 1. The summed E-state index contributed by atoms with van der Waals surface area (Å²) in [5.41, 5.74) is 0.954. The van der Waals surface area contributed by atoms with Crippen LogP contribution < -0.4 is 4.74 Å². The largest absolute Gasteiger partial charge is 0.495 e. The molecule has 0 saturated carbocycles. The second kappa shape index (κ2) is 2.88. The van der Waals surface area contributed by atoms with Crippen LogP contribution in [0.2, 0.25) is 5.02 Å². The molecule has 0 unspecified atom stereocenters. The molecule has 0 aliphatic rings. The molecule has 1 rings (SSSR count). The normalized spacial score (nSPS) is 9.50. The summed E-state index contributed by atoms with van der Waals surface area (Å²) in [6.07, 6.45) is 3.28. The highest BCUT2D eigenvalue weighted by Crippen LogP contribution is 2.25. The van der Waals surface area contributed by atoms with Gasteiger partial charge >= 0.3 is 0 Å². The first kappa shape index (κ1) is 7.35. The van der Waals surface area contributed by atoms with Crippen molar-refractivity contribution in [1.29, 1.82) is 0 Å². The van der Waals surface area contributed by atoms with Gasteiger partial charge in [-0.1, -0.05) is 11.6 Å². The molecule has 1 heterocycles. The molecule has 0 amide bonds. The predicted molar refractivity (Wildman–Crippen MR) is 40.5 cm³/mol. The number of pyridine rings is 1. The molecular formula is C7H8ClNO. The Morgan fingerprint density at radius 3 is 2.60 bits per heavy atom. The van der Waals surface area contributed by atoms with Gasteiger partial charge in [0.05, 0.1) is 7.11 Å². The fraction of sp³-hybridized carbons (Fsp3) is 0.286. The Kier molecular flexibility index (Phi) is 2.12. The summed E-state index contributed by atoms with van der Waals surface area (Å²) in [5.74, 6) is 0.705. The Labute approximate surface area is 64.8 Å². The molecule has 0 atom stereocenters. The van der Waals surface area contributed by atoms with E-state index < -0.39 is 0 Å². The molecule has 3 heteroatoms. The predicted octanol–water partition coefficient (Wildman–Crippen LogP) is 2.05. The molecule has 10 heavy (non-hydrogen) atoms. The van der Waals surface area contributed by atoms with Gasteiger partial charge in [0.15, 0.2) is 0 Å². The van der Waals surface area contributed by atoms with Crippen LogP contribution in [0.3, 0.4) is 0 Å². The van der Waals surface area contributed by atoms with Crippen LogP contribution in [0.15, 0.2) is 12.4 Å². The number of hydrogen-bond acceptors (Lipinski definition) is 2. The number of aromatic nitrogens is 1. The van der Waals surface area contributed by atoms with Crippen LogP contribution in [0.1, 0.15) is 5.56 Å². The third-order valence-electron chi connectivity index (χ3n) is 1.24. The van der Waals surface area contributed by atoms with E-state index in [2.05, 4.69) is 4.98 Å². The maximum Gasteiger partial charge on any atom is 0.143 e. The average molecular weight is 158 g/mol. The van der Waals surface area contributed by atoms with E-state index in [0.717, 1.165) is 5.56 Å². The zero-order chi connectivity index (χ0) is 7.56. The van der Waals surface area contributed by atoms with Gasteiger partial charge in [-0.15, -0.1) is 0 Å². The van der Waals surface area contributed by atoms with Crippen molar-refractivity contribution in [2.24, 2.45) is 0 Å². The molecule has 0 aromatic carbocycles. The van der Waals surface area contributed by atoms with Crippen LogP contribution in [0.4, 0.5) is 0 Å². The van der Waals surface area contributed by atoms with E-state index in [1.165, 1.54) is 0 Å². The topological polar surface area (TPSA) is 22.1 Å². The number of nitrogens with zero attached hydrogens (tertiary/aromatic N) is 1. The maximum atomic E-state index is 5.74. The molecule has 54 valence electrons. The minimum absolute atomic E-state index is 0.558. The van der Waals surface area contributed by atoms with Crippen molar-refractivity contribution in [3.8, 4) is 5.75 Å². The van der Waals surface area contributed by atoms with Crippen LogP contribution in [0.25, 0.3) is 0 Å². The van der Waals surface area contributed by atoms with E-state index in [-0.39, 0.29) is 0 Å². The van der Waals surface area contributed by atoms with Gasteiger partial charge in [0.2, 0.25) is 0 Å². The van der Waals surface area contributed by atoms with Gasteiger partial charge in [0.25, 0.3) is 0 Å². The molecule has 2 nitrogen and oxygen atoms in total. The van der Waals surface area contributed by atoms with E-state index in [9.17, 15) is 0 Å². The first-order valence-electron chi connectivity index (χ1n) is 2.90. The van der Waals surface area contributed by atoms with Crippen molar-refractivity contribution < 1.29 is 4.74 Å². The summed E-state index contributed by atoms with van der Waals surface area (Å²) < 4.78 is 5.00. The fourth-order valence-electron chi connectivity index (χ4n) is 0.779. The summed E-state index contributed by atoms with van der Waals surface area (Å²) in [4.78, 5) is 3.88. The summed E-state index contributed by atoms with van der Waals surface area (Å²) in [6, 6.07) is 0. The quantitative estimate of drug-likeness (QED) is 0.623. The van der Waals surface area contributed by atoms with Gasteiger partial charge in [0, 0.05) is 18.0 Å². The van der Waals surface area contributed by atoms with Gasteiger partial charge in [-0.3, -0.25) is 4.98 Å². The Morgan fingerprint density at radius 1 is 1.50 bits per heavy atom. The highest BCUT2D eigenvalue weighted by molar-refractivity contribution is 6.32. The SMILES string of the molecule is COc1c(C)cncc1Cl. The number of hydrogen-bond donors (Lipinski definition) is 0. The lowest BCUT2D eigenvalue weighted by atomic mass is 10.3. The maximum absolute atomic E-state index is 5.74. The lowest BCUT2D eigenvalue weighted by Gasteiger charge is -2.03. The number of methoxy groups -OCH3 is 1. The molecule has 0 fully saturated rings. The van der Waals surface area contributed by atoms with E-state index in [0.29, 0.717) is 10.8 Å². The van der Waals surface area contributed by atoms with Crippen molar-refractivity contribution in [2.75, 3.05) is 7.11 Å². The molecule has 0 N–H and O–H groups in total. The van der Waals surface area contributed by atoms with Crippen LogP contribution in [0, 0.1) is 6.92 Å². The summed E-state index contributed by atoms with van der Waals surface area (Å²) in [6.45, 7) is 1.90. The van der Waals surface area contributed by atoms with E-state index in [4.69, 9.17) is 16.3 Å². The minimum atomic E-state index is 0.558. The van der Waals surface area contributed by atoms with Crippen LogP contribution in [-0.2, 0) is 0 Å². The molecule has 1 aromatic rings. The second-order valence-electron chi connectivity index (χ2n) is 1.97. The van der Waals surface area contributed by atoms with E-state index in [1.54, 1.807) is 19.5 Å². The molecule has 0 saturated heterocycles. The first-order valence-corrected chi connectivity index (χ1v) is 3.27. The van der Waals surface area contributed by atoms with Crippen LogP contribution in [0.5, 0.6) is 5.75 Å². The fourth-order valence-corrected chi connectivity index (χ4v) is 1.06. The first-order chi connectivity index (χ1) is 4.75. The molecule has 1 aromatic heterocycles. The number of aryl methyl sites for hydroxylation is 1. The minimum Gasteiger partial charge on any atom is -0.495 e. The Hall–Kier alpha value is -0.760. The molecule has 0 aliphatic heterocycles. The zero-order valence-electron chi connectivity index (χ0n) is 5.89. The van der Waals surface area contributed by atoms with E-state index in [1.807, 2.05) is 6.92 Å². The van der Waals surface area contributed by atoms with Crippen molar-refractivity contribution in [3.63, 3.8) is 0 Å². The summed E-state index contributed by atoms with van der Waals surface area (Å²) in [7, 11) is 1.59. The third-order valence-corrected chi connectivity index (χ3v) is 1.50. The smallest absolute Gasteiger partial charge is 0.143 e.